The number of esters is 1. The predicted molar refractivity (Wildman–Crippen MR) is 159 cm³/mol. The third-order valence-electron chi connectivity index (χ3n) is 5.69. The summed E-state index contributed by atoms with van der Waals surface area (Å²) >= 11 is 0. The normalized spacial score (nSPS) is 14.9. The molecule has 2 atom stereocenters. The van der Waals surface area contributed by atoms with Crippen molar-refractivity contribution in [2.45, 2.75) is 97.0 Å². The third-order valence-corrected chi connectivity index (χ3v) is 6.67. The summed E-state index contributed by atoms with van der Waals surface area (Å²) < 4.78 is 34.0. The van der Waals surface area contributed by atoms with E-state index in [2.05, 4.69) is 43.4 Å². The molecule has 2 unspecified atom stereocenters. The van der Waals surface area contributed by atoms with E-state index in [1.54, 1.807) is 0 Å². The number of hydrogen-bond acceptors (Lipinski definition) is 6. The van der Waals surface area contributed by atoms with Gasteiger partial charge >= 0.3 is 13.8 Å². The molecule has 0 saturated carbocycles. The van der Waals surface area contributed by atoms with Gasteiger partial charge in [-0.1, -0.05) is 76.0 Å². The number of quaternary nitrogens is 1. The highest BCUT2D eigenvalue weighted by Gasteiger charge is 2.26. The second kappa shape index (κ2) is 24.5. The Bertz CT molecular complexity index is 731. The van der Waals surface area contributed by atoms with Crippen molar-refractivity contribution in [3.63, 3.8) is 0 Å². The number of carbonyl (C=O) groups is 1. The second-order valence-corrected chi connectivity index (χ2v) is 12.2. The van der Waals surface area contributed by atoms with Gasteiger partial charge in [-0.3, -0.25) is 13.8 Å². The van der Waals surface area contributed by atoms with Crippen LogP contribution in [0.15, 0.2) is 36.5 Å². The van der Waals surface area contributed by atoms with Gasteiger partial charge in [0, 0.05) is 13.0 Å². The Hall–Kier alpha value is -1.28. The molecular weight excluding hydrogens is 517 g/mol. The maximum Gasteiger partial charge on any atom is 0.472 e. The fraction of sp³-hybridized carbons (Fsp3) is 0.767. The average molecular weight is 575 g/mol. The first kappa shape index (κ1) is 37.7. The molecule has 228 valence electrons. The van der Waals surface area contributed by atoms with Gasteiger partial charge < -0.3 is 18.9 Å². The van der Waals surface area contributed by atoms with Crippen LogP contribution in [0.5, 0.6) is 0 Å². The molecule has 0 aromatic rings. The minimum absolute atomic E-state index is 0.0831. The smallest absolute Gasteiger partial charge is 0.457 e. The topological polar surface area (TPSA) is 91.3 Å². The van der Waals surface area contributed by atoms with Crippen LogP contribution >= 0.6 is 7.82 Å². The predicted octanol–water partition coefficient (Wildman–Crippen LogP) is 7.14. The maximum atomic E-state index is 12.2. The lowest BCUT2D eigenvalue weighted by Gasteiger charge is -2.24. The molecule has 0 rings (SSSR count). The van der Waals surface area contributed by atoms with Crippen LogP contribution in [0.4, 0.5) is 0 Å². The van der Waals surface area contributed by atoms with Gasteiger partial charge in [-0.25, -0.2) is 4.57 Å². The van der Waals surface area contributed by atoms with Gasteiger partial charge in [-0.2, -0.15) is 0 Å². The number of unbranched alkanes of at least 4 members (excludes halogenated alkanes) is 6. The molecule has 0 aliphatic rings. The van der Waals surface area contributed by atoms with E-state index in [1.165, 1.54) is 19.3 Å². The lowest BCUT2D eigenvalue weighted by atomic mass is 10.1. The molecule has 0 aromatic carbocycles. The Morgan fingerprint density at radius 1 is 0.821 bits per heavy atom. The first-order valence-electron chi connectivity index (χ1n) is 14.7. The maximum absolute atomic E-state index is 12.2. The Kier molecular flexibility index (Phi) is 23.7. The Balaban J connectivity index is 4.02. The summed E-state index contributed by atoms with van der Waals surface area (Å²) in [4.78, 5) is 21.9. The summed E-state index contributed by atoms with van der Waals surface area (Å²) in [6.45, 7) is 5.08. The highest BCUT2D eigenvalue weighted by molar-refractivity contribution is 7.47. The zero-order valence-corrected chi connectivity index (χ0v) is 26.2. The van der Waals surface area contributed by atoms with Crippen molar-refractivity contribution in [3.05, 3.63) is 36.5 Å². The van der Waals surface area contributed by atoms with E-state index in [0.717, 1.165) is 44.9 Å². The third kappa shape index (κ3) is 28.1. The minimum atomic E-state index is -4.24. The molecule has 8 nitrogen and oxygen atoms in total. The van der Waals surface area contributed by atoms with Crippen molar-refractivity contribution in [1.29, 1.82) is 0 Å². The molecule has 0 fully saturated rings. The molecule has 0 bridgehead atoms. The van der Waals surface area contributed by atoms with Crippen LogP contribution in [0.3, 0.4) is 0 Å². The van der Waals surface area contributed by atoms with Crippen LogP contribution in [0.25, 0.3) is 0 Å². The fourth-order valence-corrected chi connectivity index (χ4v) is 4.17. The van der Waals surface area contributed by atoms with Crippen LogP contribution in [-0.4, -0.2) is 75.6 Å². The van der Waals surface area contributed by atoms with Crippen molar-refractivity contribution in [1.82, 2.24) is 0 Å². The number of rotatable bonds is 26. The van der Waals surface area contributed by atoms with Gasteiger partial charge in [0.05, 0.1) is 34.4 Å². The lowest BCUT2D eigenvalue weighted by molar-refractivity contribution is -0.870. The van der Waals surface area contributed by atoms with E-state index in [4.69, 9.17) is 18.5 Å². The van der Waals surface area contributed by atoms with Crippen LogP contribution in [0, 0.1) is 0 Å². The Labute approximate surface area is 238 Å². The van der Waals surface area contributed by atoms with Crippen LogP contribution in [-0.2, 0) is 27.9 Å². The first-order valence-corrected chi connectivity index (χ1v) is 16.2. The molecule has 0 heterocycles. The Morgan fingerprint density at radius 3 is 2.08 bits per heavy atom. The molecule has 0 aliphatic heterocycles. The number of ether oxygens (including phenoxy) is 2. The summed E-state index contributed by atoms with van der Waals surface area (Å²) in [7, 11) is 1.64. The molecule has 0 amide bonds. The number of allylic oxidation sites excluding steroid dienone is 6. The Morgan fingerprint density at radius 2 is 1.44 bits per heavy atom. The van der Waals surface area contributed by atoms with E-state index in [0.29, 0.717) is 24.1 Å². The van der Waals surface area contributed by atoms with Gasteiger partial charge in [0.15, 0.2) is 0 Å². The number of phosphoric ester groups is 1. The van der Waals surface area contributed by atoms with Gasteiger partial charge in [0.1, 0.15) is 19.3 Å². The zero-order valence-electron chi connectivity index (χ0n) is 25.4. The van der Waals surface area contributed by atoms with Crippen molar-refractivity contribution in [3.8, 4) is 0 Å². The van der Waals surface area contributed by atoms with Crippen molar-refractivity contribution >= 4 is 13.8 Å². The second-order valence-electron chi connectivity index (χ2n) is 10.8. The van der Waals surface area contributed by atoms with Crippen LogP contribution in [0.2, 0.25) is 0 Å². The number of carbonyl (C=O) groups excluding carboxylic acids is 1. The van der Waals surface area contributed by atoms with E-state index in [9.17, 15) is 14.3 Å². The lowest BCUT2D eigenvalue weighted by Crippen LogP contribution is -2.37. The summed E-state index contributed by atoms with van der Waals surface area (Å²) in [5.74, 6) is -0.375. The molecule has 0 aliphatic carbocycles. The van der Waals surface area contributed by atoms with Crippen molar-refractivity contribution in [2.24, 2.45) is 0 Å². The van der Waals surface area contributed by atoms with Gasteiger partial charge in [-0.15, -0.1) is 0 Å². The number of nitrogens with zero attached hydrogens (tertiary/aromatic N) is 1. The molecule has 1 N–H and O–H groups in total. The number of likely N-dealkylation sites (N-methyl/N-ethyl adjacent to an activating group) is 1. The van der Waals surface area contributed by atoms with Crippen LogP contribution < -0.4 is 0 Å². The van der Waals surface area contributed by atoms with E-state index in [1.807, 2.05) is 28.1 Å². The van der Waals surface area contributed by atoms with Gasteiger partial charge in [-0.05, 0) is 44.9 Å². The summed E-state index contributed by atoms with van der Waals surface area (Å²) in [6.07, 6.45) is 24.6. The minimum Gasteiger partial charge on any atom is -0.457 e. The molecule has 9 heteroatoms. The van der Waals surface area contributed by atoms with E-state index >= 15 is 0 Å². The molecule has 0 saturated heterocycles. The first-order chi connectivity index (χ1) is 18.6. The average Bonchev–Trinajstić information content (AvgIpc) is 2.85. The van der Waals surface area contributed by atoms with Crippen molar-refractivity contribution in [2.75, 3.05) is 54.1 Å². The van der Waals surface area contributed by atoms with Crippen LogP contribution in [0.1, 0.15) is 90.9 Å². The number of phosphoric acid groups is 1. The van der Waals surface area contributed by atoms with Crippen molar-refractivity contribution < 1.29 is 37.3 Å². The summed E-state index contributed by atoms with van der Waals surface area (Å²) in [5, 5.41) is 0. The standard InChI is InChI=1S/C30H56NO7P/c1-6-8-9-10-11-12-13-14-15-16-17-18-19-20-21-22-25-35-27-29(38-30(32)23-7-2)28-37-39(33,34)36-26-24-31(3,4)5/h8-9,11-12,14-15,29H,6-7,10,13,16-28H2,1-5H3/p+1/b9-8-,12-11-,15-14-. The molecule has 0 spiro atoms. The molecule has 0 aromatic heterocycles. The highest BCUT2D eigenvalue weighted by Crippen LogP contribution is 2.43. The summed E-state index contributed by atoms with van der Waals surface area (Å²) in [5.41, 5.74) is 0. The zero-order chi connectivity index (χ0) is 29.2. The van der Waals surface area contributed by atoms with E-state index < -0.39 is 13.9 Å². The quantitative estimate of drug-likeness (QED) is 0.0386. The van der Waals surface area contributed by atoms with E-state index in [-0.39, 0.29) is 32.2 Å². The molecular formula is C30H57NO7P+. The largest absolute Gasteiger partial charge is 0.472 e. The number of hydrogen-bond donors (Lipinski definition) is 1. The fourth-order valence-electron chi connectivity index (χ4n) is 3.42. The highest BCUT2D eigenvalue weighted by atomic mass is 31.2. The van der Waals surface area contributed by atoms with Gasteiger partial charge in [0.2, 0.25) is 0 Å². The summed E-state index contributed by atoms with van der Waals surface area (Å²) in [6, 6.07) is 0. The SMILES string of the molecule is CC/C=C\C/C=C\C/C=C\CCCCCCCCOCC(COP(=O)(O)OCC[N+](C)(C)C)OC(=O)CCC. The van der Waals surface area contributed by atoms with Gasteiger partial charge in [0.25, 0.3) is 0 Å². The molecule has 39 heavy (non-hydrogen) atoms. The molecule has 0 radical (unpaired) electrons. The monoisotopic (exact) mass is 574 g/mol.